The van der Waals surface area contributed by atoms with Gasteiger partial charge < -0.3 is 18.9 Å². The molecule has 0 radical (unpaired) electrons. The molecule has 2 aromatic carbocycles. The minimum Gasteiger partial charge on any atom is -0.493 e. The summed E-state index contributed by atoms with van der Waals surface area (Å²) < 4.78 is 22.1. The Hall–Kier alpha value is -3.28. The largest absolute Gasteiger partial charge is 0.493 e. The molecule has 4 rings (SSSR count). The number of methoxy groups -OCH3 is 2. The highest BCUT2D eigenvalue weighted by atomic mass is 16.5. The molecule has 1 atom stereocenters. The number of fused-ring (bicyclic) bond motifs is 3. The van der Waals surface area contributed by atoms with Crippen molar-refractivity contribution in [1.29, 1.82) is 0 Å². The fourth-order valence-electron chi connectivity index (χ4n) is 4.06. The summed E-state index contributed by atoms with van der Waals surface area (Å²) in [6.07, 6.45) is 2.78. The SMILES string of the molecule is COc1ccc(/C=C2\Oc3c(ccc4c3[C@H](CC(C)C)CC(=O)O4)C2=O)cc1OC. The van der Waals surface area contributed by atoms with Crippen molar-refractivity contribution in [3.63, 3.8) is 0 Å². The number of allylic oxidation sites excluding steroid dienone is 1. The average molecular weight is 408 g/mol. The molecule has 6 nitrogen and oxygen atoms in total. The van der Waals surface area contributed by atoms with Crippen LogP contribution in [-0.4, -0.2) is 26.0 Å². The lowest BCUT2D eigenvalue weighted by Crippen LogP contribution is -2.21. The topological polar surface area (TPSA) is 71.1 Å². The monoisotopic (exact) mass is 408 g/mol. The maximum atomic E-state index is 13.0. The standard InChI is InChI=1S/C24H24O6/c1-13(2)9-15-12-21(25)29-18-8-6-16-23(26)20(30-24(16)22(15)18)11-14-5-7-17(27-3)19(10-14)28-4/h5-8,10-11,13,15H,9,12H2,1-4H3/b20-11-/t15-/m1/s1. The van der Waals surface area contributed by atoms with E-state index < -0.39 is 0 Å². The van der Waals surface area contributed by atoms with Crippen molar-refractivity contribution in [3.05, 3.63) is 52.8 Å². The van der Waals surface area contributed by atoms with Gasteiger partial charge in [0.2, 0.25) is 5.78 Å². The van der Waals surface area contributed by atoms with Crippen molar-refractivity contribution >= 4 is 17.8 Å². The molecule has 6 heteroatoms. The van der Waals surface area contributed by atoms with E-state index in [0.717, 1.165) is 17.5 Å². The lowest BCUT2D eigenvalue weighted by Gasteiger charge is -2.27. The van der Waals surface area contributed by atoms with Gasteiger partial charge in [0.1, 0.15) is 11.5 Å². The number of rotatable bonds is 5. The summed E-state index contributed by atoms with van der Waals surface area (Å²) >= 11 is 0. The summed E-state index contributed by atoms with van der Waals surface area (Å²) in [7, 11) is 3.13. The summed E-state index contributed by atoms with van der Waals surface area (Å²) in [6, 6.07) is 8.74. The molecule has 0 saturated carbocycles. The van der Waals surface area contributed by atoms with E-state index in [9.17, 15) is 9.59 Å². The zero-order valence-corrected chi connectivity index (χ0v) is 17.5. The van der Waals surface area contributed by atoms with E-state index in [1.54, 1.807) is 44.6 Å². The zero-order valence-electron chi connectivity index (χ0n) is 17.5. The third-order valence-corrected chi connectivity index (χ3v) is 5.34. The molecule has 0 spiro atoms. The van der Waals surface area contributed by atoms with Gasteiger partial charge in [0.25, 0.3) is 0 Å². The van der Waals surface area contributed by atoms with Crippen LogP contribution in [0, 0.1) is 5.92 Å². The van der Waals surface area contributed by atoms with Crippen molar-refractivity contribution in [2.45, 2.75) is 32.6 Å². The number of carbonyl (C=O) groups is 2. The van der Waals surface area contributed by atoms with Crippen LogP contribution in [0.1, 0.15) is 54.1 Å². The molecule has 0 bridgehead atoms. The van der Waals surface area contributed by atoms with Crippen LogP contribution < -0.4 is 18.9 Å². The van der Waals surface area contributed by atoms with Gasteiger partial charge in [-0.05, 0) is 48.2 Å². The van der Waals surface area contributed by atoms with Crippen molar-refractivity contribution in [1.82, 2.24) is 0 Å². The van der Waals surface area contributed by atoms with E-state index in [2.05, 4.69) is 13.8 Å². The average Bonchev–Trinajstić information content (AvgIpc) is 3.02. The number of ether oxygens (including phenoxy) is 4. The van der Waals surface area contributed by atoms with Crippen LogP contribution in [-0.2, 0) is 4.79 Å². The van der Waals surface area contributed by atoms with Gasteiger partial charge in [0.15, 0.2) is 17.3 Å². The molecule has 0 saturated heterocycles. The van der Waals surface area contributed by atoms with Crippen LogP contribution >= 0.6 is 0 Å². The molecule has 0 aliphatic carbocycles. The van der Waals surface area contributed by atoms with Crippen LogP contribution in [0.3, 0.4) is 0 Å². The zero-order chi connectivity index (χ0) is 21.4. The number of hydrogen-bond donors (Lipinski definition) is 0. The normalized spacial score (nSPS) is 18.7. The number of ketones is 1. The Labute approximate surface area is 175 Å². The smallest absolute Gasteiger partial charge is 0.311 e. The van der Waals surface area contributed by atoms with Crippen molar-refractivity contribution in [3.8, 4) is 23.0 Å². The Balaban J connectivity index is 1.73. The molecule has 0 N–H and O–H groups in total. The Bertz CT molecular complexity index is 1050. The number of esters is 1. The first-order valence-electron chi connectivity index (χ1n) is 9.95. The van der Waals surface area contributed by atoms with E-state index in [-0.39, 0.29) is 29.9 Å². The summed E-state index contributed by atoms with van der Waals surface area (Å²) in [5.74, 6) is 2.29. The second kappa shape index (κ2) is 7.86. The quantitative estimate of drug-likeness (QED) is 0.404. The van der Waals surface area contributed by atoms with Crippen molar-refractivity contribution < 1.29 is 28.5 Å². The first-order valence-corrected chi connectivity index (χ1v) is 9.95. The van der Waals surface area contributed by atoms with Gasteiger partial charge in [-0.3, -0.25) is 9.59 Å². The minimum absolute atomic E-state index is 0.0376. The van der Waals surface area contributed by atoms with E-state index in [0.29, 0.717) is 34.5 Å². The first kappa shape index (κ1) is 20.0. The minimum atomic E-state index is -0.251. The van der Waals surface area contributed by atoms with Crippen LogP contribution in [0.2, 0.25) is 0 Å². The van der Waals surface area contributed by atoms with Gasteiger partial charge in [-0.2, -0.15) is 0 Å². The summed E-state index contributed by atoms with van der Waals surface area (Å²) in [4.78, 5) is 25.0. The van der Waals surface area contributed by atoms with E-state index in [1.165, 1.54) is 0 Å². The van der Waals surface area contributed by atoms with Crippen molar-refractivity contribution in [2.24, 2.45) is 5.92 Å². The Morgan fingerprint density at radius 2 is 1.83 bits per heavy atom. The van der Waals surface area contributed by atoms with Crippen LogP contribution in [0.5, 0.6) is 23.0 Å². The molecule has 2 aliphatic heterocycles. The van der Waals surface area contributed by atoms with E-state index in [4.69, 9.17) is 18.9 Å². The van der Waals surface area contributed by atoms with Gasteiger partial charge in [-0.1, -0.05) is 19.9 Å². The lowest BCUT2D eigenvalue weighted by molar-refractivity contribution is -0.136. The van der Waals surface area contributed by atoms with Gasteiger partial charge in [-0.25, -0.2) is 0 Å². The third-order valence-electron chi connectivity index (χ3n) is 5.34. The Morgan fingerprint density at radius 3 is 2.53 bits per heavy atom. The maximum Gasteiger partial charge on any atom is 0.311 e. The van der Waals surface area contributed by atoms with Gasteiger partial charge in [0, 0.05) is 11.5 Å². The Kier molecular flexibility index (Phi) is 5.24. The predicted octanol–water partition coefficient (Wildman–Crippen LogP) is 4.76. The van der Waals surface area contributed by atoms with Crippen LogP contribution in [0.4, 0.5) is 0 Å². The Morgan fingerprint density at radius 1 is 1.07 bits per heavy atom. The molecule has 30 heavy (non-hydrogen) atoms. The molecular formula is C24H24O6. The predicted molar refractivity (Wildman–Crippen MR) is 111 cm³/mol. The van der Waals surface area contributed by atoms with Crippen LogP contribution in [0.25, 0.3) is 6.08 Å². The summed E-state index contributed by atoms with van der Waals surface area (Å²) in [5, 5.41) is 0. The number of Topliss-reactive ketones (excluding diaryl/α,β-unsaturated/α-hetero) is 1. The highest BCUT2D eigenvalue weighted by molar-refractivity contribution is 6.15. The van der Waals surface area contributed by atoms with Crippen molar-refractivity contribution in [2.75, 3.05) is 14.2 Å². The maximum absolute atomic E-state index is 13.0. The molecule has 2 aliphatic rings. The van der Waals surface area contributed by atoms with Gasteiger partial charge in [-0.15, -0.1) is 0 Å². The highest BCUT2D eigenvalue weighted by Gasteiger charge is 2.38. The second-order valence-electron chi connectivity index (χ2n) is 7.91. The molecule has 2 aromatic rings. The molecule has 2 heterocycles. The summed E-state index contributed by atoms with van der Waals surface area (Å²) in [6.45, 7) is 4.22. The molecular weight excluding hydrogens is 384 g/mol. The highest BCUT2D eigenvalue weighted by Crippen LogP contribution is 2.48. The molecule has 156 valence electrons. The number of carbonyl (C=O) groups excluding carboxylic acids is 2. The van der Waals surface area contributed by atoms with Crippen LogP contribution in [0.15, 0.2) is 36.1 Å². The molecule has 0 fully saturated rings. The third kappa shape index (κ3) is 3.54. The van der Waals surface area contributed by atoms with Gasteiger partial charge in [0.05, 0.1) is 26.2 Å². The lowest BCUT2D eigenvalue weighted by atomic mass is 9.84. The van der Waals surface area contributed by atoms with E-state index in [1.807, 2.05) is 6.07 Å². The molecule has 0 amide bonds. The fourth-order valence-corrected chi connectivity index (χ4v) is 4.06. The van der Waals surface area contributed by atoms with E-state index >= 15 is 0 Å². The first-order chi connectivity index (χ1) is 14.4. The number of benzene rings is 2. The molecule has 0 unspecified atom stereocenters. The number of hydrogen-bond acceptors (Lipinski definition) is 6. The molecule has 0 aromatic heterocycles. The second-order valence-corrected chi connectivity index (χ2v) is 7.91. The fraction of sp³-hybridized carbons (Fsp3) is 0.333. The van der Waals surface area contributed by atoms with Gasteiger partial charge >= 0.3 is 5.97 Å². The summed E-state index contributed by atoms with van der Waals surface area (Å²) in [5.41, 5.74) is 2.06.